The summed E-state index contributed by atoms with van der Waals surface area (Å²) in [7, 11) is 1.64. The Morgan fingerprint density at radius 2 is 2.14 bits per heavy atom. The Morgan fingerprint density at radius 1 is 1.29 bits per heavy atom. The van der Waals surface area contributed by atoms with E-state index in [1.165, 1.54) is 12.8 Å². The Kier molecular flexibility index (Phi) is 3.81. The predicted octanol–water partition coefficient (Wildman–Crippen LogP) is 3.20. The standard InChI is InChI=1S/C16H19N3O2/c1-20-13-4-2-3-12(9-13)18-15-8-7-14(17)16(19-15)21-10-11-5-6-11/h2-4,7-9,11H,5-6,10,17H2,1H3,(H,18,19). The predicted molar refractivity (Wildman–Crippen MR) is 83.1 cm³/mol. The number of pyridine rings is 1. The fourth-order valence-electron chi connectivity index (χ4n) is 1.97. The molecule has 0 radical (unpaired) electrons. The van der Waals surface area contributed by atoms with Gasteiger partial charge in [-0.25, -0.2) is 0 Å². The Hall–Kier alpha value is -2.43. The average Bonchev–Trinajstić information content (AvgIpc) is 3.32. The SMILES string of the molecule is COc1cccc(Nc2ccc(N)c(OCC3CC3)n2)c1. The second-order valence-electron chi connectivity index (χ2n) is 5.20. The van der Waals surface area contributed by atoms with Crippen LogP contribution in [0.15, 0.2) is 36.4 Å². The molecule has 1 saturated carbocycles. The zero-order valence-electron chi connectivity index (χ0n) is 12.0. The summed E-state index contributed by atoms with van der Waals surface area (Å²) in [5.74, 6) is 2.65. The van der Waals surface area contributed by atoms with E-state index in [4.69, 9.17) is 15.2 Å². The summed E-state index contributed by atoms with van der Waals surface area (Å²) in [5, 5.41) is 3.22. The number of rotatable bonds is 6. The average molecular weight is 285 g/mol. The van der Waals surface area contributed by atoms with E-state index >= 15 is 0 Å². The van der Waals surface area contributed by atoms with Crippen LogP contribution in [-0.2, 0) is 0 Å². The molecule has 0 atom stereocenters. The largest absolute Gasteiger partial charge is 0.497 e. The van der Waals surface area contributed by atoms with Gasteiger partial charge in [-0.15, -0.1) is 0 Å². The molecule has 3 rings (SSSR count). The fourth-order valence-corrected chi connectivity index (χ4v) is 1.97. The molecule has 2 aromatic rings. The normalized spacial score (nSPS) is 13.8. The van der Waals surface area contributed by atoms with Crippen LogP contribution in [0.4, 0.5) is 17.2 Å². The summed E-state index contributed by atoms with van der Waals surface area (Å²) >= 11 is 0. The minimum atomic E-state index is 0.495. The summed E-state index contributed by atoms with van der Waals surface area (Å²) in [4.78, 5) is 4.42. The molecule has 0 bridgehead atoms. The first-order valence-corrected chi connectivity index (χ1v) is 7.05. The van der Waals surface area contributed by atoms with Crippen molar-refractivity contribution in [3.05, 3.63) is 36.4 Å². The maximum Gasteiger partial charge on any atom is 0.239 e. The number of nitrogens with one attached hydrogen (secondary N) is 1. The van der Waals surface area contributed by atoms with Crippen molar-refractivity contribution in [2.45, 2.75) is 12.8 Å². The summed E-state index contributed by atoms with van der Waals surface area (Å²) in [6.07, 6.45) is 2.48. The summed E-state index contributed by atoms with van der Waals surface area (Å²) in [6.45, 7) is 0.694. The highest BCUT2D eigenvalue weighted by Crippen LogP contribution is 2.31. The number of nitrogens with zero attached hydrogens (tertiary/aromatic N) is 1. The number of hydrogen-bond donors (Lipinski definition) is 2. The lowest BCUT2D eigenvalue weighted by atomic mass is 10.3. The van der Waals surface area contributed by atoms with Crippen molar-refractivity contribution in [3.8, 4) is 11.6 Å². The van der Waals surface area contributed by atoms with Gasteiger partial charge in [0.05, 0.1) is 19.4 Å². The summed E-state index contributed by atoms with van der Waals surface area (Å²) in [6, 6.07) is 11.3. The van der Waals surface area contributed by atoms with Crippen molar-refractivity contribution in [1.82, 2.24) is 4.98 Å². The van der Waals surface area contributed by atoms with Gasteiger partial charge in [0.15, 0.2) is 0 Å². The van der Waals surface area contributed by atoms with Crippen LogP contribution in [0.2, 0.25) is 0 Å². The molecule has 1 aromatic carbocycles. The number of nitrogens with two attached hydrogens (primary N) is 1. The highest BCUT2D eigenvalue weighted by Gasteiger charge is 2.22. The Bertz CT molecular complexity index is 627. The number of nitrogen functional groups attached to an aromatic ring is 1. The van der Waals surface area contributed by atoms with Crippen LogP contribution in [0.5, 0.6) is 11.6 Å². The van der Waals surface area contributed by atoms with E-state index in [2.05, 4.69) is 10.3 Å². The highest BCUT2D eigenvalue weighted by atomic mass is 16.5. The van der Waals surface area contributed by atoms with Gasteiger partial charge in [-0.1, -0.05) is 6.07 Å². The quantitative estimate of drug-likeness (QED) is 0.853. The summed E-state index contributed by atoms with van der Waals surface area (Å²) < 4.78 is 10.9. The molecule has 1 fully saturated rings. The Morgan fingerprint density at radius 3 is 2.90 bits per heavy atom. The molecule has 0 unspecified atom stereocenters. The maximum absolute atomic E-state index is 5.90. The molecule has 0 aliphatic heterocycles. The molecule has 0 saturated heterocycles. The summed E-state index contributed by atoms with van der Waals surface area (Å²) in [5.41, 5.74) is 7.36. The molecular formula is C16H19N3O2. The smallest absolute Gasteiger partial charge is 0.239 e. The van der Waals surface area contributed by atoms with Crippen LogP contribution in [0.25, 0.3) is 0 Å². The van der Waals surface area contributed by atoms with Crippen LogP contribution >= 0.6 is 0 Å². The molecule has 3 N–H and O–H groups in total. The van der Waals surface area contributed by atoms with Crippen LogP contribution in [0.1, 0.15) is 12.8 Å². The molecule has 5 heteroatoms. The first-order chi connectivity index (χ1) is 10.2. The van der Waals surface area contributed by atoms with Crippen molar-refractivity contribution in [2.24, 2.45) is 5.92 Å². The maximum atomic E-state index is 5.90. The van der Waals surface area contributed by atoms with Crippen molar-refractivity contribution >= 4 is 17.2 Å². The number of ether oxygens (including phenoxy) is 2. The monoisotopic (exact) mass is 285 g/mol. The number of aromatic nitrogens is 1. The lowest BCUT2D eigenvalue weighted by Crippen LogP contribution is -2.05. The van der Waals surface area contributed by atoms with Gasteiger partial charge in [0.2, 0.25) is 5.88 Å². The van der Waals surface area contributed by atoms with Gasteiger partial charge in [-0.2, -0.15) is 4.98 Å². The molecule has 0 amide bonds. The van der Waals surface area contributed by atoms with E-state index in [-0.39, 0.29) is 0 Å². The number of methoxy groups -OCH3 is 1. The highest BCUT2D eigenvalue weighted by molar-refractivity contribution is 5.61. The molecule has 1 aliphatic carbocycles. The van der Waals surface area contributed by atoms with Gasteiger partial charge in [-0.3, -0.25) is 0 Å². The van der Waals surface area contributed by atoms with E-state index < -0.39 is 0 Å². The topological polar surface area (TPSA) is 69.4 Å². The Labute approximate surface area is 124 Å². The van der Waals surface area contributed by atoms with E-state index in [9.17, 15) is 0 Å². The zero-order valence-corrected chi connectivity index (χ0v) is 12.0. The fraction of sp³-hybridized carbons (Fsp3) is 0.312. The molecular weight excluding hydrogens is 266 g/mol. The third-order valence-electron chi connectivity index (χ3n) is 3.38. The third kappa shape index (κ3) is 3.56. The van der Waals surface area contributed by atoms with Gasteiger partial charge < -0.3 is 20.5 Å². The van der Waals surface area contributed by atoms with Crippen LogP contribution < -0.4 is 20.5 Å². The number of anilines is 3. The van der Waals surface area contributed by atoms with E-state index in [1.807, 2.05) is 30.3 Å². The third-order valence-corrected chi connectivity index (χ3v) is 3.38. The second kappa shape index (κ2) is 5.91. The lowest BCUT2D eigenvalue weighted by molar-refractivity contribution is 0.290. The molecule has 110 valence electrons. The van der Waals surface area contributed by atoms with Crippen LogP contribution in [-0.4, -0.2) is 18.7 Å². The number of benzene rings is 1. The van der Waals surface area contributed by atoms with Gasteiger partial charge in [0, 0.05) is 11.8 Å². The van der Waals surface area contributed by atoms with E-state index in [0.29, 0.717) is 29.9 Å². The van der Waals surface area contributed by atoms with Gasteiger partial charge in [0.1, 0.15) is 11.6 Å². The molecule has 0 spiro atoms. The number of hydrogen-bond acceptors (Lipinski definition) is 5. The molecule has 1 heterocycles. The van der Waals surface area contributed by atoms with Crippen molar-refractivity contribution in [3.63, 3.8) is 0 Å². The van der Waals surface area contributed by atoms with Crippen LogP contribution in [0.3, 0.4) is 0 Å². The van der Waals surface area contributed by atoms with Gasteiger partial charge in [-0.05, 0) is 43.0 Å². The zero-order chi connectivity index (χ0) is 14.7. The molecule has 21 heavy (non-hydrogen) atoms. The van der Waals surface area contributed by atoms with Crippen LogP contribution in [0, 0.1) is 5.92 Å². The van der Waals surface area contributed by atoms with E-state index in [1.54, 1.807) is 13.2 Å². The molecule has 1 aliphatic rings. The first kappa shape index (κ1) is 13.5. The van der Waals surface area contributed by atoms with Crippen molar-refractivity contribution in [2.75, 3.05) is 24.8 Å². The van der Waals surface area contributed by atoms with Gasteiger partial charge >= 0.3 is 0 Å². The molecule has 1 aromatic heterocycles. The van der Waals surface area contributed by atoms with Gasteiger partial charge in [0.25, 0.3) is 0 Å². The Balaban J connectivity index is 1.73. The minimum Gasteiger partial charge on any atom is -0.497 e. The second-order valence-corrected chi connectivity index (χ2v) is 5.20. The lowest BCUT2D eigenvalue weighted by Gasteiger charge is -2.11. The minimum absolute atomic E-state index is 0.495. The first-order valence-electron chi connectivity index (χ1n) is 7.05. The van der Waals surface area contributed by atoms with Crippen molar-refractivity contribution < 1.29 is 9.47 Å². The van der Waals surface area contributed by atoms with Crippen molar-refractivity contribution in [1.29, 1.82) is 0 Å². The molecule has 5 nitrogen and oxygen atoms in total. The van der Waals surface area contributed by atoms with E-state index in [0.717, 1.165) is 11.4 Å².